The summed E-state index contributed by atoms with van der Waals surface area (Å²) in [6.07, 6.45) is 4.76. The molecule has 5 rings (SSSR count). The van der Waals surface area contributed by atoms with Crippen LogP contribution in [-0.4, -0.2) is 82.4 Å². The van der Waals surface area contributed by atoms with Crippen LogP contribution in [0.3, 0.4) is 0 Å². The first-order valence-electron chi connectivity index (χ1n) is 10.4. The SMILES string of the molecule is COc1ncccc1-c1cnn2ccc(N3CCN(C(=O)OC4CNC(=O)C4)CC3)nc12.S. The Hall–Kier alpha value is -3.54. The lowest BCUT2D eigenvalue weighted by molar-refractivity contribution is -0.119. The monoisotopic (exact) mass is 471 g/mol. The Morgan fingerprint density at radius 3 is 2.73 bits per heavy atom. The van der Waals surface area contributed by atoms with Crippen molar-refractivity contribution in [1.29, 1.82) is 0 Å². The number of hydrogen-bond donors (Lipinski definition) is 1. The van der Waals surface area contributed by atoms with Crippen LogP contribution < -0.4 is 15.0 Å². The van der Waals surface area contributed by atoms with E-state index in [0.29, 0.717) is 44.3 Å². The summed E-state index contributed by atoms with van der Waals surface area (Å²) in [4.78, 5) is 36.6. The molecule has 174 valence electrons. The molecular weight excluding hydrogens is 446 g/mol. The van der Waals surface area contributed by atoms with Gasteiger partial charge in [0, 0.05) is 44.1 Å². The van der Waals surface area contributed by atoms with Crippen molar-refractivity contribution >= 4 is 37.0 Å². The van der Waals surface area contributed by atoms with Gasteiger partial charge in [0.25, 0.3) is 0 Å². The number of piperazine rings is 1. The number of ether oxygens (including phenoxy) is 2. The predicted octanol–water partition coefficient (Wildman–Crippen LogP) is 1.06. The minimum atomic E-state index is -0.387. The van der Waals surface area contributed by atoms with Crippen molar-refractivity contribution in [1.82, 2.24) is 29.8 Å². The topological polar surface area (TPSA) is 114 Å². The largest absolute Gasteiger partial charge is 0.481 e. The molecule has 2 fully saturated rings. The summed E-state index contributed by atoms with van der Waals surface area (Å²) in [5.74, 6) is 1.24. The standard InChI is InChI=1S/C21H23N7O4.H2S/c1-31-20-15(3-2-5-22-20)16-13-24-28-6-4-17(25-19(16)28)26-7-9-27(10-8-26)21(30)32-14-11-18(29)23-12-14;/h2-6,13-14H,7-12H2,1H3,(H,23,29);1H2. The number of rotatable bonds is 4. The summed E-state index contributed by atoms with van der Waals surface area (Å²) in [5, 5.41) is 7.07. The van der Waals surface area contributed by atoms with Gasteiger partial charge in [0.15, 0.2) is 5.65 Å². The van der Waals surface area contributed by atoms with Crippen molar-refractivity contribution in [3.63, 3.8) is 0 Å². The number of aromatic nitrogens is 4. The molecule has 3 aromatic heterocycles. The van der Waals surface area contributed by atoms with Crippen molar-refractivity contribution in [2.24, 2.45) is 0 Å². The zero-order valence-corrected chi connectivity index (χ0v) is 19.1. The van der Waals surface area contributed by atoms with Gasteiger partial charge in [0.1, 0.15) is 11.9 Å². The van der Waals surface area contributed by atoms with E-state index in [1.165, 1.54) is 0 Å². The van der Waals surface area contributed by atoms with Gasteiger partial charge in [0.2, 0.25) is 11.8 Å². The summed E-state index contributed by atoms with van der Waals surface area (Å²) in [7, 11) is 1.59. The number of fused-ring (bicyclic) bond motifs is 1. The third-order valence-corrected chi connectivity index (χ3v) is 5.68. The minimum absolute atomic E-state index is 0. The predicted molar refractivity (Wildman–Crippen MR) is 125 cm³/mol. The average Bonchev–Trinajstić information content (AvgIpc) is 3.44. The van der Waals surface area contributed by atoms with E-state index in [4.69, 9.17) is 14.5 Å². The van der Waals surface area contributed by atoms with Gasteiger partial charge in [-0.1, -0.05) is 0 Å². The average molecular weight is 472 g/mol. The van der Waals surface area contributed by atoms with Crippen LogP contribution >= 0.6 is 13.5 Å². The third kappa shape index (κ3) is 4.51. The Balaban J connectivity index is 0.00000259. The molecule has 0 aromatic carbocycles. The number of pyridine rings is 1. The van der Waals surface area contributed by atoms with E-state index in [9.17, 15) is 9.59 Å². The highest BCUT2D eigenvalue weighted by atomic mass is 32.1. The van der Waals surface area contributed by atoms with E-state index < -0.39 is 0 Å². The van der Waals surface area contributed by atoms with Crippen LogP contribution in [0.1, 0.15) is 6.42 Å². The number of nitrogens with zero attached hydrogens (tertiary/aromatic N) is 6. The molecule has 2 aliphatic heterocycles. The molecule has 0 bridgehead atoms. The Kier molecular flexibility index (Phi) is 6.54. The fourth-order valence-corrected chi connectivity index (χ4v) is 3.98. The van der Waals surface area contributed by atoms with E-state index in [-0.39, 0.29) is 38.0 Å². The molecule has 0 aliphatic carbocycles. The first-order valence-corrected chi connectivity index (χ1v) is 10.4. The van der Waals surface area contributed by atoms with Crippen molar-refractivity contribution in [2.45, 2.75) is 12.5 Å². The first-order chi connectivity index (χ1) is 15.6. The number of carbonyl (C=O) groups is 2. The van der Waals surface area contributed by atoms with Crippen molar-refractivity contribution < 1.29 is 19.1 Å². The molecule has 2 saturated heterocycles. The normalized spacial score (nSPS) is 18.1. The fourth-order valence-electron chi connectivity index (χ4n) is 3.98. The van der Waals surface area contributed by atoms with Gasteiger partial charge in [0.05, 0.1) is 31.8 Å². The second-order valence-electron chi connectivity index (χ2n) is 7.66. The van der Waals surface area contributed by atoms with Crippen molar-refractivity contribution in [3.8, 4) is 17.0 Å². The maximum absolute atomic E-state index is 12.4. The van der Waals surface area contributed by atoms with E-state index in [1.807, 2.05) is 24.4 Å². The molecule has 2 aliphatic rings. The second-order valence-corrected chi connectivity index (χ2v) is 7.66. The van der Waals surface area contributed by atoms with Crippen LogP contribution in [0, 0.1) is 0 Å². The fraction of sp³-hybridized carbons (Fsp3) is 0.381. The molecule has 0 radical (unpaired) electrons. The molecule has 11 nitrogen and oxygen atoms in total. The highest BCUT2D eigenvalue weighted by Gasteiger charge is 2.29. The molecule has 12 heteroatoms. The molecule has 5 heterocycles. The number of methoxy groups -OCH3 is 1. The van der Waals surface area contributed by atoms with Gasteiger partial charge >= 0.3 is 6.09 Å². The maximum atomic E-state index is 12.4. The molecular formula is C21H25N7O4S. The minimum Gasteiger partial charge on any atom is -0.481 e. The number of amides is 2. The van der Waals surface area contributed by atoms with E-state index >= 15 is 0 Å². The van der Waals surface area contributed by atoms with E-state index in [0.717, 1.165) is 16.9 Å². The quantitative estimate of drug-likeness (QED) is 0.601. The van der Waals surface area contributed by atoms with Crippen molar-refractivity contribution in [2.75, 3.05) is 44.7 Å². The highest BCUT2D eigenvalue weighted by Crippen LogP contribution is 2.31. The van der Waals surface area contributed by atoms with Gasteiger partial charge in [-0.15, -0.1) is 0 Å². The van der Waals surface area contributed by atoms with Crippen LogP contribution in [0.4, 0.5) is 10.6 Å². The summed E-state index contributed by atoms with van der Waals surface area (Å²) < 4.78 is 12.5. The number of nitrogens with one attached hydrogen (secondary N) is 1. The number of carbonyl (C=O) groups excluding carboxylic acids is 2. The lowest BCUT2D eigenvalue weighted by atomic mass is 10.1. The van der Waals surface area contributed by atoms with Gasteiger partial charge in [-0.25, -0.2) is 19.3 Å². The molecule has 1 N–H and O–H groups in total. The summed E-state index contributed by atoms with van der Waals surface area (Å²) in [6.45, 7) is 2.66. The Morgan fingerprint density at radius 1 is 1.18 bits per heavy atom. The smallest absolute Gasteiger partial charge is 0.410 e. The van der Waals surface area contributed by atoms with Crippen LogP contribution in [0.25, 0.3) is 16.8 Å². The number of hydrogen-bond acceptors (Lipinski definition) is 8. The Bertz CT molecular complexity index is 1160. The second kappa shape index (κ2) is 9.53. The van der Waals surface area contributed by atoms with Crippen LogP contribution in [0.2, 0.25) is 0 Å². The van der Waals surface area contributed by atoms with Gasteiger partial charge in [-0.2, -0.15) is 18.6 Å². The van der Waals surface area contributed by atoms with Crippen LogP contribution in [-0.2, 0) is 9.53 Å². The third-order valence-electron chi connectivity index (χ3n) is 5.68. The highest BCUT2D eigenvalue weighted by molar-refractivity contribution is 7.59. The van der Waals surface area contributed by atoms with E-state index in [1.54, 1.807) is 28.9 Å². The molecule has 1 atom stereocenters. The van der Waals surface area contributed by atoms with Crippen molar-refractivity contribution in [3.05, 3.63) is 36.8 Å². The lowest BCUT2D eigenvalue weighted by Crippen LogP contribution is -2.49. The summed E-state index contributed by atoms with van der Waals surface area (Å²) >= 11 is 0. The lowest BCUT2D eigenvalue weighted by Gasteiger charge is -2.35. The zero-order valence-electron chi connectivity index (χ0n) is 18.1. The summed E-state index contributed by atoms with van der Waals surface area (Å²) in [6, 6.07) is 5.68. The molecule has 0 saturated carbocycles. The molecule has 2 amide bonds. The zero-order chi connectivity index (χ0) is 22.1. The Labute approximate surface area is 197 Å². The van der Waals surface area contributed by atoms with Gasteiger partial charge < -0.3 is 24.6 Å². The number of anilines is 1. The van der Waals surface area contributed by atoms with Gasteiger partial charge in [-0.05, 0) is 18.2 Å². The molecule has 33 heavy (non-hydrogen) atoms. The van der Waals surface area contributed by atoms with Crippen LogP contribution in [0.15, 0.2) is 36.8 Å². The van der Waals surface area contributed by atoms with Gasteiger partial charge in [-0.3, -0.25) is 4.79 Å². The van der Waals surface area contributed by atoms with E-state index in [2.05, 4.69) is 20.3 Å². The van der Waals surface area contributed by atoms with Crippen LogP contribution in [0.5, 0.6) is 5.88 Å². The molecule has 1 unspecified atom stereocenters. The first kappa shape index (κ1) is 22.6. The Morgan fingerprint density at radius 2 is 2.00 bits per heavy atom. The maximum Gasteiger partial charge on any atom is 0.410 e. The molecule has 0 spiro atoms. The molecule has 3 aromatic rings. The summed E-state index contributed by atoms with van der Waals surface area (Å²) in [5.41, 5.74) is 2.36.